The zero-order valence-corrected chi connectivity index (χ0v) is 19.8. The summed E-state index contributed by atoms with van der Waals surface area (Å²) in [5.74, 6) is 6.59. The standard InChI is InChI=1S/C21H30Cl2INO3/c22-16-9-14(10-17(23)12-16)7-8-19-18(15(13-24)11-20(19)28-25)5-3-1-2-4-6-21(26)27/h9-10,12,15,18-20H,1-8,11,13,25H2,(H,26,27)/t15-,18-,19?,20+/m0/s1. The molecule has 4 atom stereocenters. The Bertz CT molecular complexity index is 611. The van der Waals surface area contributed by atoms with Gasteiger partial charge < -0.3 is 9.94 Å². The summed E-state index contributed by atoms with van der Waals surface area (Å²) in [6, 6.07) is 5.72. The normalized spacial score (nSPS) is 24.6. The van der Waals surface area contributed by atoms with Crippen LogP contribution in [0.5, 0.6) is 0 Å². The lowest BCUT2D eigenvalue weighted by Crippen LogP contribution is -2.26. The second-order valence-electron chi connectivity index (χ2n) is 7.82. The average molecular weight is 542 g/mol. The summed E-state index contributed by atoms with van der Waals surface area (Å²) in [7, 11) is 0. The first-order valence-corrected chi connectivity index (χ1v) is 12.3. The van der Waals surface area contributed by atoms with Gasteiger partial charge in [0.25, 0.3) is 0 Å². The highest BCUT2D eigenvalue weighted by molar-refractivity contribution is 14.1. The summed E-state index contributed by atoms with van der Waals surface area (Å²) in [6.45, 7) is 0. The number of hydrogen-bond donors (Lipinski definition) is 2. The first-order chi connectivity index (χ1) is 13.4. The van der Waals surface area contributed by atoms with Crippen molar-refractivity contribution >= 4 is 51.8 Å². The number of carbonyl (C=O) groups is 1. The Morgan fingerprint density at radius 1 is 1.11 bits per heavy atom. The second-order valence-corrected chi connectivity index (χ2v) is 9.57. The fourth-order valence-corrected chi connectivity index (χ4v) is 6.14. The molecule has 7 heteroatoms. The molecule has 0 radical (unpaired) electrons. The molecule has 4 nitrogen and oxygen atoms in total. The van der Waals surface area contributed by atoms with Crippen LogP contribution >= 0.6 is 45.8 Å². The summed E-state index contributed by atoms with van der Waals surface area (Å²) in [5, 5.41) is 10.1. The lowest BCUT2D eigenvalue weighted by Gasteiger charge is -2.26. The molecule has 1 saturated carbocycles. The molecule has 0 aromatic heterocycles. The van der Waals surface area contributed by atoms with Gasteiger partial charge in [0.05, 0.1) is 6.10 Å². The van der Waals surface area contributed by atoms with Crippen LogP contribution in [0.2, 0.25) is 10.0 Å². The van der Waals surface area contributed by atoms with Crippen LogP contribution in [0.15, 0.2) is 18.2 Å². The predicted molar refractivity (Wildman–Crippen MR) is 123 cm³/mol. The van der Waals surface area contributed by atoms with E-state index in [1.165, 1.54) is 0 Å². The van der Waals surface area contributed by atoms with Crippen molar-refractivity contribution in [1.29, 1.82) is 0 Å². The van der Waals surface area contributed by atoms with Crippen molar-refractivity contribution in [3.05, 3.63) is 33.8 Å². The highest BCUT2D eigenvalue weighted by Gasteiger charge is 2.42. The Balaban J connectivity index is 1.92. The van der Waals surface area contributed by atoms with Gasteiger partial charge in [-0.2, -0.15) is 0 Å². The molecular formula is C21H30Cl2INO3. The number of carboxylic acids is 1. The number of rotatable bonds is 12. The van der Waals surface area contributed by atoms with Crippen LogP contribution in [-0.4, -0.2) is 21.6 Å². The van der Waals surface area contributed by atoms with Crippen LogP contribution in [-0.2, 0) is 16.1 Å². The molecule has 158 valence electrons. The van der Waals surface area contributed by atoms with Gasteiger partial charge in [0, 0.05) is 20.9 Å². The maximum atomic E-state index is 10.6. The van der Waals surface area contributed by atoms with E-state index >= 15 is 0 Å². The summed E-state index contributed by atoms with van der Waals surface area (Å²) in [6.07, 6.45) is 8.44. The molecule has 0 bridgehead atoms. The molecule has 28 heavy (non-hydrogen) atoms. The third kappa shape index (κ3) is 7.63. The molecule has 1 aliphatic rings. The number of alkyl halides is 1. The summed E-state index contributed by atoms with van der Waals surface area (Å²) in [5.41, 5.74) is 1.15. The Morgan fingerprint density at radius 3 is 2.39 bits per heavy atom. The lowest BCUT2D eigenvalue weighted by molar-refractivity contribution is -0.137. The molecule has 0 saturated heterocycles. The van der Waals surface area contributed by atoms with Crippen molar-refractivity contribution in [2.75, 3.05) is 4.43 Å². The van der Waals surface area contributed by atoms with E-state index < -0.39 is 5.97 Å². The first kappa shape index (κ1) is 24.2. The first-order valence-electron chi connectivity index (χ1n) is 10.0. The van der Waals surface area contributed by atoms with Crippen molar-refractivity contribution in [2.24, 2.45) is 23.7 Å². The van der Waals surface area contributed by atoms with Crippen LogP contribution in [0.25, 0.3) is 0 Å². The number of aliphatic carboxylic acids is 1. The minimum Gasteiger partial charge on any atom is -0.481 e. The highest BCUT2D eigenvalue weighted by Crippen LogP contribution is 2.44. The molecule has 0 aliphatic heterocycles. The lowest BCUT2D eigenvalue weighted by atomic mass is 9.82. The second kappa shape index (κ2) is 12.6. The molecular weight excluding hydrogens is 512 g/mol. The van der Waals surface area contributed by atoms with Crippen LogP contribution in [0.4, 0.5) is 0 Å². The van der Waals surface area contributed by atoms with Crippen LogP contribution in [0.1, 0.15) is 56.9 Å². The average Bonchev–Trinajstić information content (AvgIpc) is 2.98. The maximum Gasteiger partial charge on any atom is 0.303 e. The SMILES string of the molecule is NO[C@@H]1C[C@@H](CI)[C@H](CCCCCCC(=O)O)C1CCc1cc(Cl)cc(Cl)c1. The molecule has 0 heterocycles. The van der Waals surface area contributed by atoms with E-state index in [1.807, 2.05) is 12.1 Å². The highest BCUT2D eigenvalue weighted by atomic mass is 127. The Kier molecular flexibility index (Phi) is 10.9. The fraction of sp³-hybridized carbons (Fsp3) is 0.667. The van der Waals surface area contributed by atoms with Crippen LogP contribution < -0.4 is 5.90 Å². The third-order valence-corrected chi connectivity index (χ3v) is 7.48. The summed E-state index contributed by atoms with van der Waals surface area (Å²) >= 11 is 14.8. The molecule has 1 aromatic carbocycles. The van der Waals surface area contributed by atoms with Gasteiger partial charge in [-0.3, -0.25) is 4.79 Å². The number of carboxylic acid groups (broad SMARTS) is 1. The summed E-state index contributed by atoms with van der Waals surface area (Å²) < 4.78 is 1.11. The smallest absolute Gasteiger partial charge is 0.303 e. The van der Waals surface area contributed by atoms with Gasteiger partial charge in [-0.1, -0.05) is 65.1 Å². The number of benzene rings is 1. The maximum absolute atomic E-state index is 10.6. The number of unbranched alkanes of at least 4 members (excludes halogenated alkanes) is 3. The zero-order valence-electron chi connectivity index (χ0n) is 16.1. The molecule has 1 aromatic rings. The van der Waals surface area contributed by atoms with Crippen LogP contribution in [0.3, 0.4) is 0 Å². The molecule has 3 N–H and O–H groups in total. The fourth-order valence-electron chi connectivity index (χ4n) is 4.56. The minimum atomic E-state index is -0.704. The monoisotopic (exact) mass is 541 g/mol. The van der Waals surface area contributed by atoms with Gasteiger partial charge in [-0.15, -0.1) is 0 Å². The largest absolute Gasteiger partial charge is 0.481 e. The van der Waals surface area contributed by atoms with Crippen LogP contribution in [0, 0.1) is 17.8 Å². The van der Waals surface area contributed by atoms with Gasteiger partial charge in [0.2, 0.25) is 0 Å². The van der Waals surface area contributed by atoms with Gasteiger partial charge in [0.1, 0.15) is 0 Å². The van der Waals surface area contributed by atoms with E-state index in [-0.39, 0.29) is 12.5 Å². The van der Waals surface area contributed by atoms with E-state index in [2.05, 4.69) is 22.6 Å². The third-order valence-electron chi connectivity index (χ3n) is 5.91. The van der Waals surface area contributed by atoms with E-state index in [4.69, 9.17) is 39.0 Å². The van der Waals surface area contributed by atoms with Crippen molar-refractivity contribution in [3.63, 3.8) is 0 Å². The quantitative estimate of drug-likeness (QED) is 0.141. The number of hydrogen-bond acceptors (Lipinski definition) is 3. The van der Waals surface area contributed by atoms with E-state index in [1.54, 1.807) is 6.07 Å². The van der Waals surface area contributed by atoms with Gasteiger partial charge in [0.15, 0.2) is 0 Å². The topological polar surface area (TPSA) is 72.5 Å². The number of halogens is 3. The molecule has 1 unspecified atom stereocenters. The van der Waals surface area contributed by atoms with Gasteiger partial charge in [-0.05, 0) is 73.6 Å². The molecule has 1 fully saturated rings. The van der Waals surface area contributed by atoms with Gasteiger partial charge in [-0.25, -0.2) is 5.90 Å². The Hall–Kier alpha value is -0.0800. The van der Waals surface area contributed by atoms with Crippen molar-refractivity contribution < 1.29 is 14.7 Å². The number of nitrogens with two attached hydrogens (primary N) is 1. The summed E-state index contributed by atoms with van der Waals surface area (Å²) in [4.78, 5) is 16.0. The van der Waals surface area contributed by atoms with E-state index in [9.17, 15) is 4.79 Å². The van der Waals surface area contributed by atoms with Crippen molar-refractivity contribution in [2.45, 2.75) is 63.9 Å². The molecule has 0 amide bonds. The van der Waals surface area contributed by atoms with E-state index in [0.29, 0.717) is 27.8 Å². The van der Waals surface area contributed by atoms with Crippen molar-refractivity contribution in [3.8, 4) is 0 Å². The predicted octanol–water partition coefficient (Wildman–Crippen LogP) is 6.30. The molecule has 2 rings (SSSR count). The minimum absolute atomic E-state index is 0.103. The van der Waals surface area contributed by atoms with E-state index in [0.717, 1.165) is 61.4 Å². The number of aryl methyl sites for hydroxylation is 1. The zero-order chi connectivity index (χ0) is 20.5. The molecule has 0 spiro atoms. The Labute approximate surface area is 191 Å². The van der Waals surface area contributed by atoms with Gasteiger partial charge >= 0.3 is 5.97 Å². The molecule has 1 aliphatic carbocycles. The van der Waals surface area contributed by atoms with Crippen molar-refractivity contribution in [1.82, 2.24) is 0 Å². The Morgan fingerprint density at radius 2 is 1.79 bits per heavy atom.